The Bertz CT molecular complexity index is 1010. The van der Waals surface area contributed by atoms with Crippen LogP contribution in [0.4, 0.5) is 0 Å². The van der Waals surface area contributed by atoms with Crippen LogP contribution in [-0.4, -0.2) is 41.7 Å². The molecular weight excluding hydrogens is 431 g/mol. The number of carbonyl (C=O) groups is 4. The van der Waals surface area contributed by atoms with Gasteiger partial charge in [0.2, 0.25) is 5.91 Å². The number of nitrogens with zero attached hydrogens (tertiary/aromatic N) is 1. The third-order valence-electron chi connectivity index (χ3n) is 4.60. The van der Waals surface area contributed by atoms with Crippen molar-refractivity contribution in [3.8, 4) is 0 Å². The number of rotatable bonds is 6. The number of halogens is 2. The second-order valence-electron chi connectivity index (χ2n) is 6.87. The quantitative estimate of drug-likeness (QED) is 0.540. The topological polar surface area (TPSA) is 92.8 Å². The van der Waals surface area contributed by atoms with E-state index in [0.29, 0.717) is 10.6 Å². The maximum Gasteiger partial charge on any atom is 0.311 e. The number of carbonyl (C=O) groups excluding carboxylic acids is 4. The van der Waals surface area contributed by atoms with Gasteiger partial charge in [-0.15, -0.1) is 0 Å². The highest BCUT2D eigenvalue weighted by molar-refractivity contribution is 6.42. The van der Waals surface area contributed by atoms with Crippen LogP contribution in [0.2, 0.25) is 10.0 Å². The molecule has 2 amide bonds. The number of Topliss-reactive ketones (excluding diaryl/α,β-unsaturated/α-hetero) is 1. The first-order chi connectivity index (χ1) is 14.2. The number of ether oxygens (including phenoxy) is 1. The fraction of sp³-hybridized carbons (Fsp3) is 0.238. The molecule has 0 aromatic heterocycles. The van der Waals surface area contributed by atoms with Crippen LogP contribution in [0.5, 0.6) is 0 Å². The first-order valence-electron chi connectivity index (χ1n) is 9.07. The predicted octanol–water partition coefficient (Wildman–Crippen LogP) is 3.22. The number of aryl methyl sites for hydroxylation is 1. The van der Waals surface area contributed by atoms with Crippen molar-refractivity contribution in [3.63, 3.8) is 0 Å². The van der Waals surface area contributed by atoms with Crippen molar-refractivity contribution in [1.82, 2.24) is 10.4 Å². The maximum absolute atomic E-state index is 12.3. The van der Waals surface area contributed by atoms with Crippen molar-refractivity contribution >= 4 is 46.8 Å². The summed E-state index contributed by atoms with van der Waals surface area (Å²) in [5, 5.41) is 1.56. The summed E-state index contributed by atoms with van der Waals surface area (Å²) in [6.45, 7) is 1.43. The van der Waals surface area contributed by atoms with Gasteiger partial charge in [0.1, 0.15) is 0 Å². The van der Waals surface area contributed by atoms with Crippen LogP contribution >= 0.6 is 23.2 Å². The van der Waals surface area contributed by atoms with Crippen LogP contribution in [0.15, 0.2) is 42.5 Å². The molecule has 0 bridgehead atoms. The molecule has 1 aliphatic heterocycles. The van der Waals surface area contributed by atoms with E-state index in [2.05, 4.69) is 5.43 Å². The zero-order valence-corrected chi connectivity index (χ0v) is 17.5. The van der Waals surface area contributed by atoms with E-state index < -0.39 is 30.3 Å². The minimum Gasteiger partial charge on any atom is -0.457 e. The number of amides is 2. The highest BCUT2D eigenvalue weighted by atomic mass is 35.5. The van der Waals surface area contributed by atoms with E-state index >= 15 is 0 Å². The molecule has 0 saturated carbocycles. The molecule has 7 nitrogen and oxygen atoms in total. The second-order valence-corrected chi connectivity index (χ2v) is 7.69. The van der Waals surface area contributed by atoms with E-state index in [9.17, 15) is 19.2 Å². The van der Waals surface area contributed by atoms with E-state index in [1.54, 1.807) is 24.3 Å². The molecular formula is C21H18Cl2N2O5. The van der Waals surface area contributed by atoms with E-state index in [-0.39, 0.29) is 29.3 Å². The molecule has 9 heteroatoms. The van der Waals surface area contributed by atoms with Crippen LogP contribution < -0.4 is 5.43 Å². The van der Waals surface area contributed by atoms with Gasteiger partial charge in [0.25, 0.3) is 5.91 Å². The predicted molar refractivity (Wildman–Crippen MR) is 110 cm³/mol. The van der Waals surface area contributed by atoms with Gasteiger partial charge in [-0.1, -0.05) is 53.0 Å². The highest BCUT2D eigenvalue weighted by Crippen LogP contribution is 2.23. The number of ketones is 1. The van der Waals surface area contributed by atoms with Crippen LogP contribution in [0.1, 0.15) is 32.7 Å². The Labute approximate surface area is 182 Å². The summed E-state index contributed by atoms with van der Waals surface area (Å²) in [6.07, 6.45) is -0.126. The van der Waals surface area contributed by atoms with Gasteiger partial charge < -0.3 is 4.74 Å². The first-order valence-corrected chi connectivity index (χ1v) is 9.83. The molecule has 0 radical (unpaired) electrons. The average molecular weight is 449 g/mol. The molecule has 1 N–H and O–H groups in total. The van der Waals surface area contributed by atoms with Crippen molar-refractivity contribution < 1.29 is 23.9 Å². The Balaban J connectivity index is 1.53. The van der Waals surface area contributed by atoms with Gasteiger partial charge in [0.05, 0.1) is 22.5 Å². The third kappa shape index (κ3) is 5.17. The van der Waals surface area contributed by atoms with Gasteiger partial charge in [-0.25, -0.2) is 0 Å². The Morgan fingerprint density at radius 1 is 1.07 bits per heavy atom. The van der Waals surface area contributed by atoms with Gasteiger partial charge in [-0.2, -0.15) is 0 Å². The van der Waals surface area contributed by atoms with Crippen molar-refractivity contribution in [2.75, 3.05) is 13.2 Å². The molecule has 1 aliphatic rings. The lowest BCUT2D eigenvalue weighted by molar-refractivity contribution is -0.147. The third-order valence-corrected chi connectivity index (χ3v) is 5.33. The van der Waals surface area contributed by atoms with Crippen LogP contribution in [0, 0.1) is 12.8 Å². The Morgan fingerprint density at radius 3 is 2.40 bits per heavy atom. The minimum absolute atomic E-state index is 0.0521. The first kappa shape index (κ1) is 21.8. The van der Waals surface area contributed by atoms with E-state index in [1.165, 1.54) is 18.2 Å². The van der Waals surface area contributed by atoms with Crippen LogP contribution in [0.3, 0.4) is 0 Å². The number of nitrogens with one attached hydrogen (secondary N) is 1. The zero-order chi connectivity index (χ0) is 21.8. The van der Waals surface area contributed by atoms with Crippen LogP contribution in [0.25, 0.3) is 0 Å². The molecule has 3 rings (SSSR count). The van der Waals surface area contributed by atoms with E-state index in [4.69, 9.17) is 27.9 Å². The molecule has 156 valence electrons. The van der Waals surface area contributed by atoms with Gasteiger partial charge in [0.15, 0.2) is 12.4 Å². The monoisotopic (exact) mass is 448 g/mol. The molecule has 0 unspecified atom stereocenters. The van der Waals surface area contributed by atoms with Gasteiger partial charge >= 0.3 is 5.97 Å². The summed E-state index contributed by atoms with van der Waals surface area (Å²) in [5.41, 5.74) is 4.10. The number of hydrazine groups is 1. The smallest absolute Gasteiger partial charge is 0.311 e. The fourth-order valence-corrected chi connectivity index (χ4v) is 3.17. The minimum atomic E-state index is -0.780. The van der Waals surface area contributed by atoms with Gasteiger partial charge in [-0.05, 0) is 25.1 Å². The molecule has 0 aliphatic carbocycles. The number of hydrogen-bond donors (Lipinski definition) is 1. The standard InChI is InChI=1S/C21H18Cl2N2O5/c1-12-2-4-13(5-3-12)18(26)11-30-21(29)15-9-19(27)25(10-15)24-20(28)14-6-7-16(22)17(23)8-14/h2-8,15H,9-11H2,1H3,(H,24,28)/t15-/m0/s1. The summed E-state index contributed by atoms with van der Waals surface area (Å²) in [7, 11) is 0. The molecule has 1 atom stereocenters. The number of hydrogen-bond acceptors (Lipinski definition) is 5. The molecule has 1 saturated heterocycles. The van der Waals surface area contributed by atoms with Gasteiger partial charge in [-0.3, -0.25) is 29.6 Å². The SMILES string of the molecule is Cc1ccc(C(=O)COC(=O)[C@H]2CC(=O)N(NC(=O)c3ccc(Cl)c(Cl)c3)C2)cc1. The summed E-state index contributed by atoms with van der Waals surface area (Å²) in [6, 6.07) is 11.2. The normalized spacial score (nSPS) is 15.8. The largest absolute Gasteiger partial charge is 0.457 e. The van der Waals surface area contributed by atoms with Crippen molar-refractivity contribution in [2.45, 2.75) is 13.3 Å². The number of esters is 1. The summed E-state index contributed by atoms with van der Waals surface area (Å²) < 4.78 is 5.08. The average Bonchev–Trinajstić information content (AvgIpc) is 3.08. The van der Waals surface area contributed by atoms with Gasteiger partial charge in [0, 0.05) is 17.5 Å². The Kier molecular flexibility index (Phi) is 6.74. The molecule has 2 aromatic carbocycles. The van der Waals surface area contributed by atoms with E-state index in [0.717, 1.165) is 10.6 Å². The highest BCUT2D eigenvalue weighted by Gasteiger charge is 2.36. The fourth-order valence-electron chi connectivity index (χ4n) is 2.88. The van der Waals surface area contributed by atoms with Crippen molar-refractivity contribution in [3.05, 3.63) is 69.2 Å². The Hall–Kier alpha value is -2.90. The van der Waals surface area contributed by atoms with Crippen molar-refractivity contribution in [1.29, 1.82) is 0 Å². The summed E-state index contributed by atoms with van der Waals surface area (Å²) in [5.74, 6) is -2.79. The molecule has 30 heavy (non-hydrogen) atoms. The summed E-state index contributed by atoms with van der Waals surface area (Å²) >= 11 is 11.7. The van der Waals surface area contributed by atoms with Crippen molar-refractivity contribution in [2.24, 2.45) is 5.92 Å². The second kappa shape index (κ2) is 9.28. The lowest BCUT2D eigenvalue weighted by Gasteiger charge is -2.17. The zero-order valence-electron chi connectivity index (χ0n) is 16.0. The van der Waals surface area contributed by atoms with E-state index in [1.807, 2.05) is 6.92 Å². The molecule has 1 heterocycles. The lowest BCUT2D eigenvalue weighted by Crippen LogP contribution is -2.43. The van der Waals surface area contributed by atoms with Crippen LogP contribution in [-0.2, 0) is 14.3 Å². The molecule has 0 spiro atoms. The summed E-state index contributed by atoms with van der Waals surface area (Å²) in [4.78, 5) is 48.9. The lowest BCUT2D eigenvalue weighted by atomic mass is 10.1. The molecule has 2 aromatic rings. The Morgan fingerprint density at radius 2 is 1.73 bits per heavy atom. The number of benzene rings is 2. The molecule has 1 fully saturated rings. The maximum atomic E-state index is 12.3.